The SMILES string of the molecule is COc1cc2[nH]nc(-c3cnc(N4CC(C)(N5CC6CC(C5)O6)C4)c(C#N)c3)c2cc1O[C@H](C)c1c(Cl)cncc1Cl. The number of pyridine rings is 2. The van der Waals surface area contributed by atoms with Gasteiger partial charge >= 0.3 is 0 Å². The van der Waals surface area contributed by atoms with E-state index in [1.807, 2.05) is 25.1 Å². The molecule has 12 heteroatoms. The van der Waals surface area contributed by atoms with Gasteiger partial charge in [-0.2, -0.15) is 10.4 Å². The monoisotopic (exact) mass is 605 g/mol. The van der Waals surface area contributed by atoms with Crippen LogP contribution >= 0.6 is 23.2 Å². The van der Waals surface area contributed by atoms with Crippen LogP contribution in [0.2, 0.25) is 10.0 Å². The van der Waals surface area contributed by atoms with Gasteiger partial charge in [-0.25, -0.2) is 4.98 Å². The first-order chi connectivity index (χ1) is 20.3. The molecule has 2 bridgehead atoms. The Morgan fingerprint density at radius 3 is 2.50 bits per heavy atom. The maximum atomic E-state index is 10.1. The van der Waals surface area contributed by atoms with E-state index < -0.39 is 6.10 Å². The van der Waals surface area contributed by atoms with Crippen molar-refractivity contribution in [3.05, 3.63) is 58.0 Å². The molecule has 2 unspecified atom stereocenters. The maximum Gasteiger partial charge on any atom is 0.162 e. The summed E-state index contributed by atoms with van der Waals surface area (Å²) in [5.74, 6) is 1.72. The first kappa shape index (κ1) is 27.2. The molecule has 3 aromatic heterocycles. The van der Waals surface area contributed by atoms with Crippen LogP contribution in [0.1, 0.15) is 37.5 Å². The van der Waals surface area contributed by atoms with Crippen molar-refractivity contribution in [1.29, 1.82) is 5.26 Å². The lowest BCUT2D eigenvalue weighted by molar-refractivity contribution is -0.200. The molecule has 4 aliphatic rings. The fraction of sp³-hybridized carbons (Fsp3) is 0.400. The minimum atomic E-state index is -0.480. The number of morpholine rings is 1. The fourth-order valence-electron chi connectivity index (χ4n) is 6.40. The van der Waals surface area contributed by atoms with E-state index in [9.17, 15) is 5.26 Å². The van der Waals surface area contributed by atoms with Gasteiger partial charge in [0.05, 0.1) is 46.0 Å². The Bertz CT molecular complexity index is 1700. The smallest absolute Gasteiger partial charge is 0.162 e. The second-order valence-corrected chi connectivity index (χ2v) is 12.3. The largest absolute Gasteiger partial charge is 0.493 e. The van der Waals surface area contributed by atoms with Crippen LogP contribution in [0, 0.1) is 11.3 Å². The number of hydrogen-bond acceptors (Lipinski definition) is 9. The van der Waals surface area contributed by atoms with Gasteiger partial charge in [0.25, 0.3) is 0 Å². The van der Waals surface area contributed by atoms with Gasteiger partial charge in [0.1, 0.15) is 23.7 Å². The number of piperidine rings is 1. The van der Waals surface area contributed by atoms with E-state index in [2.05, 4.69) is 38.0 Å². The Balaban J connectivity index is 1.16. The summed E-state index contributed by atoms with van der Waals surface area (Å²) in [6, 6.07) is 7.89. The zero-order valence-corrected chi connectivity index (χ0v) is 24.9. The molecule has 1 N–H and O–H groups in total. The van der Waals surface area contributed by atoms with Gasteiger partial charge in [-0.3, -0.25) is 15.0 Å². The molecule has 4 aliphatic heterocycles. The minimum Gasteiger partial charge on any atom is -0.493 e. The number of nitrogens with zero attached hydrogens (tertiary/aromatic N) is 6. The number of ether oxygens (including phenoxy) is 3. The van der Waals surface area contributed by atoms with Crippen molar-refractivity contribution in [1.82, 2.24) is 25.1 Å². The number of nitrogens with one attached hydrogen (secondary N) is 1. The van der Waals surface area contributed by atoms with Gasteiger partial charge in [-0.1, -0.05) is 23.2 Å². The molecule has 0 radical (unpaired) electrons. The number of hydrogen-bond donors (Lipinski definition) is 1. The van der Waals surface area contributed by atoms with Gasteiger partial charge in [-0.15, -0.1) is 0 Å². The van der Waals surface area contributed by atoms with Crippen molar-refractivity contribution in [2.24, 2.45) is 0 Å². The van der Waals surface area contributed by atoms with Crippen molar-refractivity contribution in [2.75, 3.05) is 38.2 Å². The number of aromatic amines is 1. The Morgan fingerprint density at radius 2 is 1.83 bits per heavy atom. The van der Waals surface area contributed by atoms with Crippen LogP contribution in [0.4, 0.5) is 5.82 Å². The number of methoxy groups -OCH3 is 1. The number of anilines is 1. The molecular formula is C30H29Cl2N7O3. The number of rotatable bonds is 7. The first-order valence-corrected chi connectivity index (χ1v) is 14.6. The number of aromatic nitrogens is 4. The highest BCUT2D eigenvalue weighted by Gasteiger charge is 2.50. The number of H-pyrrole nitrogens is 1. The summed E-state index contributed by atoms with van der Waals surface area (Å²) in [5.41, 5.74) is 3.34. The lowest BCUT2D eigenvalue weighted by atomic mass is 9.85. The summed E-state index contributed by atoms with van der Waals surface area (Å²) in [6.45, 7) is 7.74. The van der Waals surface area contributed by atoms with Crippen LogP contribution in [-0.2, 0) is 4.74 Å². The Morgan fingerprint density at radius 1 is 1.12 bits per heavy atom. The van der Waals surface area contributed by atoms with E-state index in [0.717, 1.165) is 42.6 Å². The third-order valence-electron chi connectivity index (χ3n) is 8.59. The van der Waals surface area contributed by atoms with Gasteiger partial charge in [0, 0.05) is 73.8 Å². The summed E-state index contributed by atoms with van der Waals surface area (Å²) in [4.78, 5) is 13.5. The molecular weight excluding hydrogens is 577 g/mol. The van der Waals surface area contributed by atoms with E-state index in [1.54, 1.807) is 13.3 Å². The van der Waals surface area contributed by atoms with Crippen molar-refractivity contribution >= 4 is 39.9 Å². The molecule has 0 aliphatic carbocycles. The molecule has 7 heterocycles. The van der Waals surface area contributed by atoms with Crippen LogP contribution in [0.3, 0.4) is 0 Å². The van der Waals surface area contributed by atoms with E-state index in [4.69, 9.17) is 42.4 Å². The summed E-state index contributed by atoms with van der Waals surface area (Å²) < 4.78 is 17.7. The zero-order valence-electron chi connectivity index (χ0n) is 23.4. The Hall–Kier alpha value is -3.62. The molecule has 8 rings (SSSR count). The average molecular weight is 607 g/mol. The fourth-order valence-corrected chi connectivity index (χ4v) is 7.07. The van der Waals surface area contributed by atoms with Crippen molar-refractivity contribution < 1.29 is 14.2 Å². The topological polar surface area (TPSA) is 112 Å². The molecule has 0 saturated carbocycles. The van der Waals surface area contributed by atoms with Crippen molar-refractivity contribution in [3.8, 4) is 28.8 Å². The van der Waals surface area contributed by atoms with Crippen LogP contribution in [0.15, 0.2) is 36.8 Å². The lowest BCUT2D eigenvalue weighted by Gasteiger charge is -2.60. The Kier molecular flexibility index (Phi) is 6.66. The van der Waals surface area contributed by atoms with Gasteiger partial charge in [-0.05, 0) is 26.0 Å². The van der Waals surface area contributed by atoms with Crippen LogP contribution in [0.5, 0.6) is 11.5 Å². The van der Waals surface area contributed by atoms with Gasteiger partial charge in [0.15, 0.2) is 11.5 Å². The molecule has 4 aromatic rings. The van der Waals surface area contributed by atoms with E-state index in [0.29, 0.717) is 56.4 Å². The summed E-state index contributed by atoms with van der Waals surface area (Å²) in [7, 11) is 1.58. The molecule has 42 heavy (non-hydrogen) atoms. The molecule has 4 fully saturated rings. The normalized spacial score (nSPS) is 21.8. The van der Waals surface area contributed by atoms with E-state index in [1.165, 1.54) is 18.8 Å². The number of fused-ring (bicyclic) bond motifs is 3. The predicted molar refractivity (Wildman–Crippen MR) is 159 cm³/mol. The molecule has 0 spiro atoms. The van der Waals surface area contributed by atoms with Gasteiger partial charge < -0.3 is 19.1 Å². The first-order valence-electron chi connectivity index (χ1n) is 13.8. The zero-order chi connectivity index (χ0) is 29.2. The second-order valence-electron chi connectivity index (χ2n) is 11.5. The molecule has 4 saturated heterocycles. The average Bonchev–Trinajstić information content (AvgIpc) is 3.37. The third kappa shape index (κ3) is 4.52. The third-order valence-corrected chi connectivity index (χ3v) is 9.20. The summed E-state index contributed by atoms with van der Waals surface area (Å²) >= 11 is 12.7. The highest BCUT2D eigenvalue weighted by atomic mass is 35.5. The maximum absolute atomic E-state index is 10.1. The van der Waals surface area contributed by atoms with Crippen molar-refractivity contribution in [2.45, 2.75) is 44.1 Å². The summed E-state index contributed by atoms with van der Waals surface area (Å²) in [5, 5.41) is 19.3. The number of nitriles is 1. The van der Waals surface area contributed by atoms with Crippen LogP contribution in [-0.4, -0.2) is 76.1 Å². The van der Waals surface area contributed by atoms with Crippen molar-refractivity contribution in [3.63, 3.8) is 0 Å². The van der Waals surface area contributed by atoms with Crippen LogP contribution in [0.25, 0.3) is 22.2 Å². The lowest BCUT2D eigenvalue weighted by Crippen LogP contribution is -2.74. The highest BCUT2D eigenvalue weighted by Crippen LogP contribution is 2.42. The number of benzene rings is 1. The van der Waals surface area contributed by atoms with E-state index in [-0.39, 0.29) is 5.54 Å². The highest BCUT2D eigenvalue weighted by molar-refractivity contribution is 6.35. The molecule has 10 nitrogen and oxygen atoms in total. The van der Waals surface area contributed by atoms with Gasteiger partial charge in [0.2, 0.25) is 0 Å². The quantitative estimate of drug-likeness (QED) is 0.296. The number of halogens is 2. The standard InChI is InChI=1S/C30H29Cl2N7O3/c1-16(27-22(31)10-34-11-23(27)32)41-26-6-21-24(7-25(26)40-3)36-37-28(21)18-4-17(8-33)29(35-9-18)38-14-30(2,15-38)39-12-19-5-20(13-39)42-19/h4,6-7,9-11,16,19-20H,5,12-15H2,1-3H3,(H,36,37)/t16-,19?,20?/m1/s1. The minimum absolute atomic E-state index is 0.0590. The Labute approximate surface area is 253 Å². The molecule has 3 atom stereocenters. The molecule has 0 amide bonds. The summed E-state index contributed by atoms with van der Waals surface area (Å²) in [6.07, 6.45) is 6.27. The molecule has 1 aromatic carbocycles. The van der Waals surface area contributed by atoms with Crippen LogP contribution < -0.4 is 14.4 Å². The molecule has 216 valence electrons. The predicted octanol–water partition coefficient (Wildman–Crippen LogP) is 5.40. The second kappa shape index (κ2) is 10.3. The van der Waals surface area contributed by atoms with E-state index >= 15 is 0 Å².